The number of carbonyl (C=O) groups is 1. The Labute approximate surface area is 180 Å². The lowest BCUT2D eigenvalue weighted by Gasteiger charge is -2.15. The first kappa shape index (κ1) is 22.4. The quantitative estimate of drug-likeness (QED) is 0.506. The molecule has 3 N–H and O–H groups in total. The Balaban J connectivity index is 1.91. The number of aromatic nitrogens is 1. The van der Waals surface area contributed by atoms with Crippen LogP contribution in [0.3, 0.4) is 0 Å². The molecule has 6 nitrogen and oxygen atoms in total. The van der Waals surface area contributed by atoms with E-state index in [1.807, 2.05) is 0 Å². The number of benzene rings is 1. The van der Waals surface area contributed by atoms with E-state index in [1.54, 1.807) is 0 Å². The Morgan fingerprint density at radius 2 is 2.13 bits per heavy atom. The minimum atomic E-state index is -3.30. The number of thioether (sulfide) groups is 1. The minimum absolute atomic E-state index is 0.0621. The van der Waals surface area contributed by atoms with Gasteiger partial charge in [-0.05, 0) is 30.3 Å². The highest BCUT2D eigenvalue weighted by atomic mass is 35.5. The van der Waals surface area contributed by atoms with Crippen LogP contribution in [-0.4, -0.2) is 47.5 Å². The van der Waals surface area contributed by atoms with E-state index in [0.29, 0.717) is 16.8 Å². The first-order valence-corrected chi connectivity index (χ1v) is 9.86. The van der Waals surface area contributed by atoms with Crippen molar-refractivity contribution in [3.05, 3.63) is 58.6 Å². The number of hydrogen-bond acceptors (Lipinski definition) is 5. The van der Waals surface area contributed by atoms with Crippen molar-refractivity contribution in [2.45, 2.75) is 16.6 Å². The number of methoxy groups -OCH3 is 1. The number of rotatable bonds is 6. The molecule has 1 aromatic carbocycles. The van der Waals surface area contributed by atoms with E-state index in [1.165, 1.54) is 44.6 Å². The zero-order valence-electron chi connectivity index (χ0n) is 16.0. The first-order chi connectivity index (χ1) is 14.2. The van der Waals surface area contributed by atoms with Gasteiger partial charge in [-0.1, -0.05) is 23.4 Å². The van der Waals surface area contributed by atoms with Gasteiger partial charge in [0.1, 0.15) is 16.3 Å². The molecule has 11 heteroatoms. The largest absolute Gasteiger partial charge is 0.383 e. The van der Waals surface area contributed by atoms with E-state index in [-0.39, 0.29) is 28.7 Å². The summed E-state index contributed by atoms with van der Waals surface area (Å²) in [4.78, 5) is 19.9. The standard InChI is InChI=1S/C19H18ClF3N4O2S/c1-25-17(24)30-18(9-29-2)15(19(18,22)23)12-7-11(4-5-13(12)21)27-16(28)14-6-3-10(20)8-26-14/h3-8,15H,9H2,1-2H3,(H2,24,25)(H,27,28)/t15?,18-/m1/s1. The van der Waals surface area contributed by atoms with Crippen molar-refractivity contribution < 1.29 is 22.7 Å². The molecule has 1 saturated carbocycles. The van der Waals surface area contributed by atoms with Gasteiger partial charge in [0, 0.05) is 31.6 Å². The summed E-state index contributed by atoms with van der Waals surface area (Å²) in [6, 6.07) is 6.37. The van der Waals surface area contributed by atoms with Crippen LogP contribution in [0.25, 0.3) is 0 Å². The second-order valence-electron chi connectivity index (χ2n) is 6.59. The van der Waals surface area contributed by atoms with Crippen molar-refractivity contribution in [1.29, 1.82) is 0 Å². The van der Waals surface area contributed by atoms with E-state index in [2.05, 4.69) is 15.3 Å². The van der Waals surface area contributed by atoms with Crippen molar-refractivity contribution in [2.24, 2.45) is 10.7 Å². The van der Waals surface area contributed by atoms with Crippen LogP contribution in [0.4, 0.5) is 18.9 Å². The van der Waals surface area contributed by atoms with Crippen molar-refractivity contribution in [2.75, 3.05) is 26.1 Å². The second kappa shape index (κ2) is 8.44. The van der Waals surface area contributed by atoms with Crippen LogP contribution in [0.5, 0.6) is 0 Å². The average Bonchev–Trinajstić information content (AvgIpc) is 3.17. The van der Waals surface area contributed by atoms with Crippen molar-refractivity contribution in [1.82, 2.24) is 4.98 Å². The number of pyridine rings is 1. The molecule has 0 radical (unpaired) electrons. The van der Waals surface area contributed by atoms with E-state index in [9.17, 15) is 18.0 Å². The van der Waals surface area contributed by atoms with Crippen LogP contribution in [0.15, 0.2) is 41.5 Å². The summed E-state index contributed by atoms with van der Waals surface area (Å²) in [6.07, 6.45) is 1.30. The molecular formula is C19H18ClF3N4O2S. The van der Waals surface area contributed by atoms with Crippen LogP contribution in [0.1, 0.15) is 22.0 Å². The third-order valence-electron chi connectivity index (χ3n) is 4.70. The highest BCUT2D eigenvalue weighted by Gasteiger charge is 2.82. The smallest absolute Gasteiger partial charge is 0.274 e. The molecule has 1 fully saturated rings. The maximum atomic E-state index is 14.9. The van der Waals surface area contributed by atoms with Gasteiger partial charge in [-0.2, -0.15) is 0 Å². The number of nitrogens with zero attached hydrogens (tertiary/aromatic N) is 2. The lowest BCUT2D eigenvalue weighted by molar-refractivity contribution is 0.0780. The van der Waals surface area contributed by atoms with E-state index in [4.69, 9.17) is 22.1 Å². The number of alkyl halides is 2. The van der Waals surface area contributed by atoms with Gasteiger partial charge in [0.15, 0.2) is 5.17 Å². The second-order valence-corrected chi connectivity index (χ2v) is 8.38. The molecule has 1 aliphatic rings. The predicted molar refractivity (Wildman–Crippen MR) is 111 cm³/mol. The number of anilines is 1. The molecule has 0 spiro atoms. The molecule has 1 unspecified atom stereocenters. The summed E-state index contributed by atoms with van der Waals surface area (Å²) >= 11 is 6.40. The van der Waals surface area contributed by atoms with Crippen molar-refractivity contribution >= 4 is 40.1 Å². The van der Waals surface area contributed by atoms with Gasteiger partial charge < -0.3 is 15.8 Å². The van der Waals surface area contributed by atoms with E-state index < -0.39 is 28.3 Å². The molecule has 3 rings (SSSR count). The fourth-order valence-electron chi connectivity index (χ4n) is 3.21. The third-order valence-corrected chi connectivity index (χ3v) is 6.31. The first-order valence-electron chi connectivity index (χ1n) is 8.66. The predicted octanol–water partition coefficient (Wildman–Crippen LogP) is 3.92. The number of carbonyl (C=O) groups excluding carboxylic acids is 1. The van der Waals surface area contributed by atoms with Crippen LogP contribution >= 0.6 is 23.4 Å². The van der Waals surface area contributed by atoms with Gasteiger partial charge in [-0.3, -0.25) is 9.79 Å². The van der Waals surface area contributed by atoms with E-state index >= 15 is 0 Å². The molecule has 0 bridgehead atoms. The summed E-state index contributed by atoms with van der Waals surface area (Å²) < 4.78 is 47.5. The Morgan fingerprint density at radius 3 is 2.73 bits per heavy atom. The number of nitrogens with two attached hydrogens (primary N) is 1. The molecule has 160 valence electrons. The third kappa shape index (κ3) is 3.99. The summed E-state index contributed by atoms with van der Waals surface area (Å²) in [5, 5.41) is 2.82. The van der Waals surface area contributed by atoms with Gasteiger partial charge in [0.2, 0.25) is 0 Å². The number of aliphatic imine (C=N–C) groups is 1. The Morgan fingerprint density at radius 1 is 1.40 bits per heavy atom. The lowest BCUT2D eigenvalue weighted by Crippen LogP contribution is -2.26. The average molecular weight is 459 g/mol. The molecule has 0 aliphatic heterocycles. The molecule has 0 saturated heterocycles. The van der Waals surface area contributed by atoms with Crippen molar-refractivity contribution in [3.63, 3.8) is 0 Å². The van der Waals surface area contributed by atoms with Gasteiger partial charge >= 0.3 is 0 Å². The summed E-state index contributed by atoms with van der Waals surface area (Å²) in [5.74, 6) is -6.23. The lowest BCUT2D eigenvalue weighted by atomic mass is 10.1. The topological polar surface area (TPSA) is 89.6 Å². The normalized spacial score (nSPS) is 22.6. The number of halogens is 4. The molecule has 30 heavy (non-hydrogen) atoms. The van der Waals surface area contributed by atoms with Crippen LogP contribution in [0.2, 0.25) is 5.02 Å². The molecule has 2 aromatic rings. The number of hydrogen-bond donors (Lipinski definition) is 2. The van der Waals surface area contributed by atoms with Crippen molar-refractivity contribution in [3.8, 4) is 0 Å². The summed E-state index contributed by atoms with van der Waals surface area (Å²) in [5.41, 5.74) is 5.61. The number of amides is 1. The molecular weight excluding hydrogens is 441 g/mol. The number of ether oxygens (including phenoxy) is 1. The monoisotopic (exact) mass is 458 g/mol. The molecule has 1 amide bonds. The Bertz CT molecular complexity index is 990. The SMILES string of the molecule is C/N=C(/N)S[C@]1(COC)C(c2cc(NC(=O)c3ccc(Cl)cn3)ccc2F)C1(F)F. The van der Waals surface area contributed by atoms with Gasteiger partial charge in [0.25, 0.3) is 11.8 Å². The highest BCUT2D eigenvalue weighted by Crippen LogP contribution is 2.71. The van der Waals surface area contributed by atoms with E-state index in [0.717, 1.165) is 6.07 Å². The maximum Gasteiger partial charge on any atom is 0.274 e. The molecule has 1 aromatic heterocycles. The van der Waals surface area contributed by atoms with Gasteiger partial charge in [0.05, 0.1) is 17.5 Å². The summed E-state index contributed by atoms with van der Waals surface area (Å²) in [7, 11) is 2.65. The highest BCUT2D eigenvalue weighted by molar-refractivity contribution is 8.15. The zero-order valence-corrected chi connectivity index (χ0v) is 17.5. The molecule has 2 atom stereocenters. The van der Waals surface area contributed by atoms with Crippen LogP contribution in [-0.2, 0) is 4.74 Å². The fraction of sp³-hybridized carbons (Fsp3) is 0.316. The summed E-state index contributed by atoms with van der Waals surface area (Å²) in [6.45, 7) is -0.365. The van der Waals surface area contributed by atoms with Gasteiger partial charge in [-0.15, -0.1) is 0 Å². The maximum absolute atomic E-state index is 14.9. The van der Waals surface area contributed by atoms with Crippen LogP contribution < -0.4 is 11.1 Å². The Kier molecular flexibility index (Phi) is 6.30. The number of amidine groups is 1. The fourth-order valence-corrected chi connectivity index (χ4v) is 4.55. The molecule has 1 heterocycles. The van der Waals surface area contributed by atoms with Gasteiger partial charge in [-0.25, -0.2) is 18.2 Å². The molecule has 1 aliphatic carbocycles. The number of nitrogens with one attached hydrogen (secondary N) is 1. The van der Waals surface area contributed by atoms with Crippen LogP contribution in [0, 0.1) is 5.82 Å². The minimum Gasteiger partial charge on any atom is -0.383 e. The zero-order chi connectivity index (χ0) is 22.1. The Hall–Kier alpha value is -2.30.